The lowest BCUT2D eigenvalue weighted by molar-refractivity contribution is -0.116. The number of rotatable bonds is 5. The van der Waals surface area contributed by atoms with E-state index in [-0.39, 0.29) is 11.7 Å². The van der Waals surface area contributed by atoms with Crippen LogP contribution in [0.3, 0.4) is 0 Å². The van der Waals surface area contributed by atoms with Crippen molar-refractivity contribution in [2.24, 2.45) is 0 Å². The zero-order chi connectivity index (χ0) is 16.1. The Kier molecular flexibility index (Phi) is 5.09. The molecule has 0 radical (unpaired) electrons. The van der Waals surface area contributed by atoms with Crippen LogP contribution in [0.2, 0.25) is 0 Å². The molecule has 0 fully saturated rings. The highest BCUT2D eigenvalue weighted by atomic mass is 19.1. The summed E-state index contributed by atoms with van der Waals surface area (Å²) < 4.78 is 18.2. The van der Waals surface area contributed by atoms with E-state index in [0.29, 0.717) is 24.1 Å². The van der Waals surface area contributed by atoms with Gasteiger partial charge in [-0.2, -0.15) is 0 Å². The first-order chi connectivity index (χ1) is 10.5. The first-order valence-corrected chi connectivity index (χ1v) is 7.11. The Hall–Kier alpha value is -2.43. The predicted octanol–water partition coefficient (Wildman–Crippen LogP) is 3.19. The summed E-state index contributed by atoms with van der Waals surface area (Å²) in [6, 6.07) is 6.17. The molecule has 5 heteroatoms. The number of nitrogens with zero attached hydrogens (tertiary/aromatic N) is 1. The van der Waals surface area contributed by atoms with E-state index < -0.39 is 0 Å². The average molecular weight is 302 g/mol. The van der Waals surface area contributed by atoms with Crippen molar-refractivity contribution in [3.8, 4) is 0 Å². The van der Waals surface area contributed by atoms with Crippen molar-refractivity contribution >= 4 is 11.5 Å². The third kappa shape index (κ3) is 4.04. The number of halogens is 1. The maximum atomic E-state index is 13.2. The van der Waals surface area contributed by atoms with Crippen LogP contribution >= 0.6 is 0 Å². The van der Waals surface area contributed by atoms with Gasteiger partial charge in [-0.15, -0.1) is 0 Å². The molecule has 2 aromatic rings. The molecule has 22 heavy (non-hydrogen) atoms. The molecule has 2 rings (SSSR count). The Morgan fingerprint density at radius 3 is 2.82 bits per heavy atom. The van der Waals surface area contributed by atoms with E-state index in [4.69, 9.17) is 4.52 Å². The molecule has 1 heterocycles. The number of amides is 1. The van der Waals surface area contributed by atoms with Crippen LogP contribution in [0.4, 0.5) is 4.39 Å². The second kappa shape index (κ2) is 7.02. The van der Waals surface area contributed by atoms with Gasteiger partial charge < -0.3 is 9.84 Å². The quantitative estimate of drug-likeness (QED) is 0.863. The Labute approximate surface area is 129 Å². The molecule has 0 unspecified atom stereocenters. The maximum absolute atomic E-state index is 13.2. The molecule has 116 valence electrons. The van der Waals surface area contributed by atoms with Crippen LogP contribution in [0, 0.1) is 19.7 Å². The first-order valence-electron chi connectivity index (χ1n) is 7.11. The Balaban J connectivity index is 1.91. The first kappa shape index (κ1) is 15.9. The summed E-state index contributed by atoms with van der Waals surface area (Å²) in [6.45, 7) is 6.00. The van der Waals surface area contributed by atoms with Crippen molar-refractivity contribution in [2.75, 3.05) is 6.54 Å². The minimum absolute atomic E-state index is 0.200. The molecule has 0 aliphatic carbocycles. The molecule has 0 aliphatic rings. The second-order valence-electron chi connectivity index (χ2n) is 5.18. The number of hydrogen-bond donors (Lipinski definition) is 1. The number of aryl methyl sites for hydroxylation is 2. The summed E-state index contributed by atoms with van der Waals surface area (Å²) in [7, 11) is 0. The van der Waals surface area contributed by atoms with Gasteiger partial charge in [0.2, 0.25) is 5.91 Å². The minimum atomic E-state index is -0.316. The highest BCUT2D eigenvalue weighted by Gasteiger charge is 2.09. The van der Waals surface area contributed by atoms with Gasteiger partial charge in [-0.1, -0.05) is 17.3 Å². The minimum Gasteiger partial charge on any atom is -0.361 e. The number of aromatic nitrogens is 1. The fourth-order valence-corrected chi connectivity index (χ4v) is 2.23. The van der Waals surface area contributed by atoms with Gasteiger partial charge in [0.25, 0.3) is 0 Å². The molecule has 1 N–H and O–H groups in total. The number of allylic oxidation sites excluding steroid dienone is 1. The van der Waals surface area contributed by atoms with Crippen LogP contribution in [0.5, 0.6) is 0 Å². The summed E-state index contributed by atoms with van der Waals surface area (Å²) in [6.07, 6.45) is 2.14. The van der Waals surface area contributed by atoms with Crippen molar-refractivity contribution in [3.63, 3.8) is 0 Å². The van der Waals surface area contributed by atoms with E-state index in [0.717, 1.165) is 17.0 Å². The third-order valence-electron chi connectivity index (χ3n) is 3.48. The van der Waals surface area contributed by atoms with Gasteiger partial charge in [0.05, 0.1) is 5.69 Å². The lowest BCUT2D eigenvalue weighted by Crippen LogP contribution is -2.24. The maximum Gasteiger partial charge on any atom is 0.244 e. The topological polar surface area (TPSA) is 55.1 Å². The number of nitrogens with one attached hydrogen (secondary N) is 1. The van der Waals surface area contributed by atoms with E-state index >= 15 is 0 Å². The van der Waals surface area contributed by atoms with Crippen molar-refractivity contribution in [1.29, 1.82) is 0 Å². The van der Waals surface area contributed by atoms with Gasteiger partial charge in [-0.05, 0) is 50.5 Å². The molecule has 0 saturated heterocycles. The van der Waals surface area contributed by atoms with Crippen molar-refractivity contribution in [1.82, 2.24) is 10.5 Å². The molecular weight excluding hydrogens is 283 g/mol. The molecule has 1 aromatic heterocycles. The smallest absolute Gasteiger partial charge is 0.244 e. The fraction of sp³-hybridized carbons (Fsp3) is 0.294. The highest BCUT2D eigenvalue weighted by Crippen LogP contribution is 2.15. The van der Waals surface area contributed by atoms with E-state index in [1.54, 1.807) is 19.1 Å². The SMILES string of the molecule is CC(=CC(=O)NCCc1c(C)noc1C)c1cccc(F)c1. The van der Waals surface area contributed by atoms with E-state index in [2.05, 4.69) is 10.5 Å². The van der Waals surface area contributed by atoms with Crippen LogP contribution in [0.15, 0.2) is 34.9 Å². The standard InChI is InChI=1S/C17H19FN2O2/c1-11(14-5-4-6-15(18)10-14)9-17(21)19-8-7-16-12(2)20-22-13(16)3/h4-6,9-10H,7-8H2,1-3H3,(H,19,21). The van der Waals surface area contributed by atoms with Gasteiger partial charge in [0.15, 0.2) is 0 Å². The molecule has 0 aliphatic heterocycles. The largest absolute Gasteiger partial charge is 0.361 e. The van der Waals surface area contributed by atoms with Gasteiger partial charge in [-0.3, -0.25) is 4.79 Å². The van der Waals surface area contributed by atoms with Crippen LogP contribution in [0.25, 0.3) is 5.57 Å². The number of carbonyl (C=O) groups excluding carboxylic acids is 1. The van der Waals surface area contributed by atoms with E-state index in [9.17, 15) is 9.18 Å². The number of hydrogen-bond acceptors (Lipinski definition) is 3. The molecular formula is C17H19FN2O2. The molecule has 0 bridgehead atoms. The van der Waals surface area contributed by atoms with Crippen LogP contribution in [-0.4, -0.2) is 17.6 Å². The zero-order valence-electron chi connectivity index (χ0n) is 12.9. The molecule has 4 nitrogen and oxygen atoms in total. The Morgan fingerprint density at radius 1 is 1.41 bits per heavy atom. The Bertz CT molecular complexity index is 685. The van der Waals surface area contributed by atoms with Crippen LogP contribution in [0.1, 0.15) is 29.5 Å². The summed E-state index contributed by atoms with van der Waals surface area (Å²) in [5.41, 5.74) is 3.28. The van der Waals surface area contributed by atoms with Crippen molar-refractivity contribution < 1.29 is 13.7 Å². The highest BCUT2D eigenvalue weighted by molar-refractivity contribution is 5.94. The summed E-state index contributed by atoms with van der Waals surface area (Å²) in [5, 5.41) is 6.69. The van der Waals surface area contributed by atoms with Crippen molar-refractivity contribution in [2.45, 2.75) is 27.2 Å². The third-order valence-corrected chi connectivity index (χ3v) is 3.48. The molecule has 0 spiro atoms. The normalized spacial score (nSPS) is 11.5. The number of carbonyl (C=O) groups is 1. The van der Waals surface area contributed by atoms with E-state index in [1.165, 1.54) is 18.2 Å². The molecule has 0 saturated carbocycles. The zero-order valence-corrected chi connectivity index (χ0v) is 12.9. The van der Waals surface area contributed by atoms with Gasteiger partial charge in [-0.25, -0.2) is 4.39 Å². The Morgan fingerprint density at radius 2 is 2.18 bits per heavy atom. The lowest BCUT2D eigenvalue weighted by Gasteiger charge is -2.04. The van der Waals surface area contributed by atoms with E-state index in [1.807, 2.05) is 13.8 Å². The lowest BCUT2D eigenvalue weighted by atomic mass is 10.1. The second-order valence-corrected chi connectivity index (χ2v) is 5.18. The summed E-state index contributed by atoms with van der Waals surface area (Å²) in [4.78, 5) is 11.9. The van der Waals surface area contributed by atoms with Crippen LogP contribution in [-0.2, 0) is 11.2 Å². The fourth-order valence-electron chi connectivity index (χ4n) is 2.23. The van der Waals surface area contributed by atoms with Gasteiger partial charge in [0, 0.05) is 18.2 Å². The van der Waals surface area contributed by atoms with Crippen LogP contribution < -0.4 is 5.32 Å². The summed E-state index contributed by atoms with van der Waals surface area (Å²) in [5.74, 6) is 0.260. The predicted molar refractivity (Wildman–Crippen MR) is 82.7 cm³/mol. The van der Waals surface area contributed by atoms with Gasteiger partial charge in [0.1, 0.15) is 11.6 Å². The molecule has 0 atom stereocenters. The number of benzene rings is 1. The van der Waals surface area contributed by atoms with Gasteiger partial charge >= 0.3 is 0 Å². The monoisotopic (exact) mass is 302 g/mol. The molecule has 1 amide bonds. The average Bonchev–Trinajstić information content (AvgIpc) is 2.79. The molecule has 1 aromatic carbocycles. The van der Waals surface area contributed by atoms with Crippen molar-refractivity contribution in [3.05, 3.63) is 58.7 Å². The summed E-state index contributed by atoms with van der Waals surface area (Å²) >= 11 is 0.